The summed E-state index contributed by atoms with van der Waals surface area (Å²) in [6, 6.07) is 10.4. The van der Waals surface area contributed by atoms with Crippen LogP contribution in [0.2, 0.25) is 0 Å². The van der Waals surface area contributed by atoms with Crippen molar-refractivity contribution in [1.29, 1.82) is 0 Å². The normalized spacial score (nSPS) is 11.9. The number of hydrogen-bond acceptors (Lipinski definition) is 5. The second-order valence-electron chi connectivity index (χ2n) is 6.69. The van der Waals surface area contributed by atoms with Gasteiger partial charge in [0.15, 0.2) is 0 Å². The number of rotatable bonds is 10. The molecule has 0 saturated heterocycles. The molecule has 0 aliphatic carbocycles. The molecule has 0 bridgehead atoms. The Hall–Kier alpha value is -2.16. The fourth-order valence-corrected chi connectivity index (χ4v) is 4.34. The lowest BCUT2D eigenvalue weighted by Crippen LogP contribution is -2.34. The summed E-state index contributed by atoms with van der Waals surface area (Å²) in [4.78, 5) is 14.3. The van der Waals surface area contributed by atoms with Crippen LogP contribution in [0.3, 0.4) is 0 Å². The third-order valence-electron chi connectivity index (χ3n) is 4.39. The molecule has 0 aliphatic rings. The van der Waals surface area contributed by atoms with E-state index < -0.39 is 10.0 Å². The van der Waals surface area contributed by atoms with Crippen molar-refractivity contribution in [2.24, 2.45) is 0 Å². The molecule has 7 nitrogen and oxygen atoms in total. The predicted molar refractivity (Wildman–Crippen MR) is 108 cm³/mol. The van der Waals surface area contributed by atoms with Gasteiger partial charge in [-0.25, -0.2) is 8.42 Å². The molecule has 1 aromatic heterocycles. The van der Waals surface area contributed by atoms with E-state index in [0.29, 0.717) is 26.2 Å². The van der Waals surface area contributed by atoms with E-state index in [2.05, 4.69) is 5.32 Å². The second-order valence-corrected chi connectivity index (χ2v) is 8.63. The molecule has 0 fully saturated rings. The van der Waals surface area contributed by atoms with E-state index in [1.807, 2.05) is 44.9 Å². The Morgan fingerprint density at radius 2 is 1.71 bits per heavy atom. The van der Waals surface area contributed by atoms with Crippen molar-refractivity contribution < 1.29 is 17.6 Å². The van der Waals surface area contributed by atoms with Gasteiger partial charge in [0.05, 0.1) is 18.0 Å². The summed E-state index contributed by atoms with van der Waals surface area (Å²) in [6.45, 7) is 7.52. The Morgan fingerprint density at radius 3 is 2.25 bits per heavy atom. The minimum absolute atomic E-state index is 0.106. The van der Waals surface area contributed by atoms with Crippen LogP contribution in [0.4, 0.5) is 0 Å². The molecule has 2 rings (SSSR count). The van der Waals surface area contributed by atoms with Crippen molar-refractivity contribution in [2.45, 2.75) is 38.8 Å². The van der Waals surface area contributed by atoms with E-state index in [9.17, 15) is 13.2 Å². The third-order valence-corrected chi connectivity index (χ3v) is 6.46. The molecule has 154 valence electrons. The van der Waals surface area contributed by atoms with E-state index >= 15 is 0 Å². The van der Waals surface area contributed by atoms with E-state index in [0.717, 1.165) is 17.1 Å². The molecule has 0 unspecified atom stereocenters. The number of hydrogen-bond donors (Lipinski definition) is 1. The molecule has 28 heavy (non-hydrogen) atoms. The number of sulfonamides is 1. The van der Waals surface area contributed by atoms with Gasteiger partial charge in [0.25, 0.3) is 0 Å². The number of carbonyl (C=O) groups is 1. The van der Waals surface area contributed by atoms with Crippen molar-refractivity contribution in [1.82, 2.24) is 14.5 Å². The largest absolute Gasteiger partial charge is 0.465 e. The van der Waals surface area contributed by atoms with Gasteiger partial charge in [-0.3, -0.25) is 9.69 Å². The van der Waals surface area contributed by atoms with Gasteiger partial charge in [-0.2, -0.15) is 4.31 Å². The van der Waals surface area contributed by atoms with E-state index in [4.69, 9.17) is 4.42 Å². The molecule has 0 radical (unpaired) electrons. The summed E-state index contributed by atoms with van der Waals surface area (Å²) in [5.41, 5.74) is 0.844. The summed E-state index contributed by atoms with van der Waals surface area (Å²) < 4.78 is 31.9. The maximum Gasteiger partial charge on any atom is 0.243 e. The molecule has 0 saturated carbocycles. The second kappa shape index (κ2) is 9.86. The van der Waals surface area contributed by atoms with Crippen LogP contribution in [-0.4, -0.2) is 50.2 Å². The van der Waals surface area contributed by atoms with Gasteiger partial charge < -0.3 is 9.73 Å². The lowest BCUT2D eigenvalue weighted by Gasteiger charge is -2.18. The standard InChI is InChI=1S/C20H29N3O4S/c1-5-23(6-2)28(25,26)19-11-8-17(9-12-19)13-21-20(24)15-22(4)14-18-10-7-16(3)27-18/h7-12H,5-6,13-15H2,1-4H3,(H,21,24). The van der Waals surface area contributed by atoms with E-state index in [1.165, 1.54) is 4.31 Å². The zero-order valence-corrected chi connectivity index (χ0v) is 17.8. The molecule has 1 amide bonds. The van der Waals surface area contributed by atoms with Crippen LogP contribution in [-0.2, 0) is 27.9 Å². The summed E-state index contributed by atoms with van der Waals surface area (Å²) >= 11 is 0. The number of nitrogens with one attached hydrogen (secondary N) is 1. The Bertz CT molecular complexity index is 871. The number of nitrogens with zero attached hydrogens (tertiary/aromatic N) is 2. The summed E-state index contributed by atoms with van der Waals surface area (Å²) in [6.07, 6.45) is 0. The Labute approximate surface area is 167 Å². The molecule has 1 heterocycles. The van der Waals surface area contributed by atoms with Crippen LogP contribution in [0.25, 0.3) is 0 Å². The Kier molecular flexibility index (Phi) is 7.79. The topological polar surface area (TPSA) is 82.9 Å². The number of aryl methyl sites for hydroxylation is 1. The highest BCUT2D eigenvalue weighted by Gasteiger charge is 2.21. The van der Waals surface area contributed by atoms with Crippen LogP contribution >= 0.6 is 0 Å². The van der Waals surface area contributed by atoms with Gasteiger partial charge in [0.1, 0.15) is 11.5 Å². The van der Waals surface area contributed by atoms with Crippen molar-refractivity contribution >= 4 is 15.9 Å². The number of benzene rings is 1. The van der Waals surface area contributed by atoms with Gasteiger partial charge in [-0.15, -0.1) is 0 Å². The Morgan fingerprint density at radius 1 is 1.07 bits per heavy atom. The van der Waals surface area contributed by atoms with Gasteiger partial charge in [0, 0.05) is 19.6 Å². The maximum absolute atomic E-state index is 12.5. The van der Waals surface area contributed by atoms with Crippen LogP contribution < -0.4 is 5.32 Å². The number of amides is 1. The highest BCUT2D eigenvalue weighted by molar-refractivity contribution is 7.89. The zero-order chi connectivity index (χ0) is 20.7. The van der Waals surface area contributed by atoms with Crippen LogP contribution in [0.1, 0.15) is 30.9 Å². The van der Waals surface area contributed by atoms with Crippen molar-refractivity contribution in [2.75, 3.05) is 26.7 Å². The summed E-state index contributed by atoms with van der Waals surface area (Å²) in [7, 11) is -1.61. The first-order chi connectivity index (χ1) is 13.3. The quantitative estimate of drug-likeness (QED) is 0.654. The first-order valence-electron chi connectivity index (χ1n) is 9.36. The monoisotopic (exact) mass is 407 g/mol. The summed E-state index contributed by atoms with van der Waals surface area (Å²) in [5.74, 6) is 1.56. The maximum atomic E-state index is 12.5. The SMILES string of the molecule is CCN(CC)S(=O)(=O)c1ccc(CNC(=O)CN(C)Cc2ccc(C)o2)cc1. The molecular weight excluding hydrogens is 378 g/mol. The first kappa shape index (κ1) is 22.1. The van der Waals surface area contributed by atoms with E-state index in [1.54, 1.807) is 24.3 Å². The minimum Gasteiger partial charge on any atom is -0.465 e. The molecule has 2 aromatic rings. The number of likely N-dealkylation sites (N-methyl/N-ethyl adjacent to an activating group) is 1. The fourth-order valence-electron chi connectivity index (χ4n) is 2.89. The fraction of sp³-hybridized carbons (Fsp3) is 0.450. The number of furan rings is 1. The lowest BCUT2D eigenvalue weighted by atomic mass is 10.2. The molecule has 1 N–H and O–H groups in total. The molecule has 8 heteroatoms. The summed E-state index contributed by atoms with van der Waals surface area (Å²) in [5, 5.41) is 2.85. The average molecular weight is 408 g/mol. The van der Waals surface area contributed by atoms with E-state index in [-0.39, 0.29) is 17.3 Å². The van der Waals surface area contributed by atoms with Gasteiger partial charge >= 0.3 is 0 Å². The van der Waals surface area contributed by atoms with Crippen LogP contribution in [0, 0.1) is 6.92 Å². The molecule has 0 aliphatic heterocycles. The van der Waals surface area contributed by atoms with Gasteiger partial charge in [-0.05, 0) is 43.8 Å². The molecule has 0 spiro atoms. The van der Waals surface area contributed by atoms with Crippen LogP contribution in [0.5, 0.6) is 0 Å². The van der Waals surface area contributed by atoms with Gasteiger partial charge in [0.2, 0.25) is 15.9 Å². The van der Waals surface area contributed by atoms with Crippen molar-refractivity contribution in [3.8, 4) is 0 Å². The predicted octanol–water partition coefficient (Wildman–Crippen LogP) is 2.37. The van der Waals surface area contributed by atoms with Crippen molar-refractivity contribution in [3.63, 3.8) is 0 Å². The smallest absolute Gasteiger partial charge is 0.243 e. The third kappa shape index (κ3) is 5.92. The molecular formula is C20H29N3O4S. The average Bonchev–Trinajstić information content (AvgIpc) is 3.05. The lowest BCUT2D eigenvalue weighted by molar-refractivity contribution is -0.122. The first-order valence-corrected chi connectivity index (χ1v) is 10.8. The van der Waals surface area contributed by atoms with Crippen LogP contribution in [0.15, 0.2) is 45.7 Å². The Balaban J connectivity index is 1.86. The molecule has 0 atom stereocenters. The van der Waals surface area contributed by atoms with Crippen molar-refractivity contribution in [3.05, 3.63) is 53.5 Å². The highest BCUT2D eigenvalue weighted by atomic mass is 32.2. The van der Waals surface area contributed by atoms with Gasteiger partial charge in [-0.1, -0.05) is 26.0 Å². The number of carbonyl (C=O) groups excluding carboxylic acids is 1. The zero-order valence-electron chi connectivity index (χ0n) is 16.9. The minimum atomic E-state index is -3.46. The highest BCUT2D eigenvalue weighted by Crippen LogP contribution is 2.16. The molecule has 1 aromatic carbocycles.